The Morgan fingerprint density at radius 3 is 2.24 bits per heavy atom. The highest BCUT2D eigenvalue weighted by Gasteiger charge is 2.15. The van der Waals surface area contributed by atoms with Crippen LogP contribution in [0.2, 0.25) is 0 Å². The van der Waals surface area contributed by atoms with Crippen molar-refractivity contribution < 1.29 is 9.53 Å². The van der Waals surface area contributed by atoms with Gasteiger partial charge in [0.25, 0.3) is 0 Å². The van der Waals surface area contributed by atoms with Crippen LogP contribution >= 0.6 is 34.0 Å². The summed E-state index contributed by atoms with van der Waals surface area (Å²) in [5.41, 5.74) is 0. The second-order valence-electron chi connectivity index (χ2n) is 7.52. The standard InChI is InChI=1S/C24H30O2S3/c1-4-6-7-8-9-18-10-11-19(27-18)20-12-13-21(28-20)22-14-15-23(29-22)24(25)26-16-17(3)5-2/h10-15,17H,4-9,16H2,1-3H3/t17-/m0/s1. The molecular formula is C24H30O2S3. The number of carbonyl (C=O) groups excluding carboxylic acids is 1. The van der Waals surface area contributed by atoms with Gasteiger partial charge in [0.2, 0.25) is 0 Å². The summed E-state index contributed by atoms with van der Waals surface area (Å²) >= 11 is 5.24. The monoisotopic (exact) mass is 446 g/mol. The summed E-state index contributed by atoms with van der Waals surface area (Å²) in [4.78, 5) is 19.4. The van der Waals surface area contributed by atoms with Crippen molar-refractivity contribution in [1.29, 1.82) is 0 Å². The lowest BCUT2D eigenvalue weighted by Crippen LogP contribution is -2.10. The minimum absolute atomic E-state index is 0.204. The van der Waals surface area contributed by atoms with E-state index in [0.29, 0.717) is 17.4 Å². The molecule has 0 aliphatic carbocycles. The van der Waals surface area contributed by atoms with E-state index >= 15 is 0 Å². The number of hydrogen-bond donors (Lipinski definition) is 0. The van der Waals surface area contributed by atoms with E-state index in [1.54, 1.807) is 11.3 Å². The summed E-state index contributed by atoms with van der Waals surface area (Å²) in [6.45, 7) is 6.95. The predicted octanol–water partition coefficient (Wildman–Crippen LogP) is 8.53. The SMILES string of the molecule is CCCCCCc1ccc(-c2ccc(-c3ccc(C(=O)OC[C@@H](C)CC)s3)s2)s1. The van der Waals surface area contributed by atoms with Crippen LogP contribution in [0.1, 0.15) is 67.4 Å². The average Bonchev–Trinajstić information content (AvgIpc) is 3.48. The van der Waals surface area contributed by atoms with E-state index < -0.39 is 0 Å². The molecule has 0 fully saturated rings. The highest BCUT2D eigenvalue weighted by atomic mass is 32.1. The Morgan fingerprint density at radius 1 is 0.862 bits per heavy atom. The smallest absolute Gasteiger partial charge is 0.348 e. The maximum Gasteiger partial charge on any atom is 0.348 e. The molecule has 2 nitrogen and oxygen atoms in total. The fraction of sp³-hybridized carbons (Fsp3) is 0.458. The molecule has 0 N–H and O–H groups in total. The van der Waals surface area contributed by atoms with Gasteiger partial charge in [0.1, 0.15) is 4.88 Å². The van der Waals surface area contributed by atoms with Crippen LogP contribution in [-0.2, 0) is 11.2 Å². The first kappa shape index (κ1) is 22.3. The lowest BCUT2D eigenvalue weighted by molar-refractivity contribution is 0.0453. The number of rotatable bonds is 11. The van der Waals surface area contributed by atoms with Crippen LogP contribution in [-0.4, -0.2) is 12.6 Å². The second-order valence-corrected chi connectivity index (χ2v) is 10.9. The summed E-state index contributed by atoms with van der Waals surface area (Å²) in [6, 6.07) is 12.8. The molecule has 29 heavy (non-hydrogen) atoms. The van der Waals surface area contributed by atoms with Crippen LogP contribution in [0.25, 0.3) is 19.5 Å². The van der Waals surface area contributed by atoms with E-state index in [2.05, 4.69) is 45.0 Å². The number of ether oxygens (including phenoxy) is 1. The van der Waals surface area contributed by atoms with Crippen LogP contribution < -0.4 is 0 Å². The van der Waals surface area contributed by atoms with E-state index in [-0.39, 0.29) is 5.97 Å². The van der Waals surface area contributed by atoms with Gasteiger partial charge in [-0.3, -0.25) is 0 Å². The van der Waals surface area contributed by atoms with Gasteiger partial charge in [0.05, 0.1) is 6.61 Å². The molecule has 0 spiro atoms. The average molecular weight is 447 g/mol. The van der Waals surface area contributed by atoms with Crippen molar-refractivity contribution in [3.8, 4) is 19.5 Å². The fourth-order valence-electron chi connectivity index (χ4n) is 2.96. The van der Waals surface area contributed by atoms with Gasteiger partial charge in [-0.2, -0.15) is 0 Å². The van der Waals surface area contributed by atoms with Gasteiger partial charge >= 0.3 is 5.97 Å². The summed E-state index contributed by atoms with van der Waals surface area (Å²) in [5, 5.41) is 0. The van der Waals surface area contributed by atoms with Crippen molar-refractivity contribution in [2.45, 2.75) is 59.3 Å². The molecule has 5 heteroatoms. The van der Waals surface area contributed by atoms with Crippen LogP contribution in [0.5, 0.6) is 0 Å². The number of hydrogen-bond acceptors (Lipinski definition) is 5. The topological polar surface area (TPSA) is 26.3 Å². The third-order valence-corrected chi connectivity index (χ3v) is 8.72. The third kappa shape index (κ3) is 6.27. The Kier molecular flexibility index (Phi) is 8.52. The van der Waals surface area contributed by atoms with E-state index in [9.17, 15) is 4.79 Å². The van der Waals surface area contributed by atoms with Gasteiger partial charge in [-0.15, -0.1) is 34.0 Å². The molecule has 0 saturated carbocycles. The van der Waals surface area contributed by atoms with Crippen molar-refractivity contribution in [2.75, 3.05) is 6.61 Å². The van der Waals surface area contributed by atoms with Gasteiger partial charge in [-0.25, -0.2) is 4.79 Å². The molecule has 3 aromatic rings. The minimum atomic E-state index is -0.204. The van der Waals surface area contributed by atoms with E-state index in [0.717, 1.165) is 11.3 Å². The molecule has 1 atom stereocenters. The summed E-state index contributed by atoms with van der Waals surface area (Å²) in [5.74, 6) is 0.199. The maximum absolute atomic E-state index is 12.3. The Balaban J connectivity index is 1.61. The van der Waals surface area contributed by atoms with Gasteiger partial charge in [-0.05, 0) is 55.2 Å². The number of esters is 1. The van der Waals surface area contributed by atoms with Gasteiger partial charge in [0, 0.05) is 24.4 Å². The van der Waals surface area contributed by atoms with Gasteiger partial charge in [-0.1, -0.05) is 46.5 Å². The molecule has 3 heterocycles. The second kappa shape index (κ2) is 11.1. The Hall–Kier alpha value is -1.43. The van der Waals surface area contributed by atoms with Crippen molar-refractivity contribution in [2.24, 2.45) is 5.92 Å². The largest absolute Gasteiger partial charge is 0.461 e. The number of aryl methyl sites for hydroxylation is 1. The first-order valence-corrected chi connectivity index (χ1v) is 13.0. The number of thiophene rings is 3. The zero-order valence-corrected chi connectivity index (χ0v) is 20.0. The molecule has 0 aliphatic heterocycles. The quantitative estimate of drug-likeness (QED) is 0.218. The zero-order valence-electron chi connectivity index (χ0n) is 17.5. The number of carbonyl (C=O) groups is 1. The van der Waals surface area contributed by atoms with E-state index in [4.69, 9.17) is 4.74 Å². The van der Waals surface area contributed by atoms with Gasteiger partial charge < -0.3 is 4.74 Å². The molecule has 0 aliphatic rings. The summed E-state index contributed by atoms with van der Waals surface area (Å²) < 4.78 is 5.43. The van der Waals surface area contributed by atoms with Crippen LogP contribution in [0.3, 0.4) is 0 Å². The van der Waals surface area contributed by atoms with Crippen LogP contribution in [0.15, 0.2) is 36.4 Å². The van der Waals surface area contributed by atoms with Crippen LogP contribution in [0, 0.1) is 5.92 Å². The zero-order chi connectivity index (χ0) is 20.6. The highest BCUT2D eigenvalue weighted by molar-refractivity contribution is 7.26. The van der Waals surface area contributed by atoms with Gasteiger partial charge in [0.15, 0.2) is 0 Å². The lowest BCUT2D eigenvalue weighted by atomic mass is 10.1. The fourth-order valence-corrected chi connectivity index (χ4v) is 6.10. The van der Waals surface area contributed by atoms with E-state index in [1.807, 2.05) is 23.5 Å². The lowest BCUT2D eigenvalue weighted by Gasteiger charge is -2.08. The first-order valence-electron chi connectivity index (χ1n) is 10.6. The number of unbranched alkanes of at least 4 members (excludes halogenated alkanes) is 3. The van der Waals surface area contributed by atoms with Crippen molar-refractivity contribution in [3.05, 3.63) is 46.2 Å². The molecule has 0 saturated heterocycles. The molecule has 0 amide bonds. The molecule has 156 valence electrons. The molecule has 0 aromatic carbocycles. The van der Waals surface area contributed by atoms with Crippen LogP contribution in [0.4, 0.5) is 0 Å². The molecule has 3 aromatic heterocycles. The predicted molar refractivity (Wildman–Crippen MR) is 129 cm³/mol. The molecule has 0 bridgehead atoms. The Bertz CT molecular complexity index is 903. The Morgan fingerprint density at radius 2 is 1.52 bits per heavy atom. The highest BCUT2D eigenvalue weighted by Crippen LogP contribution is 2.40. The normalized spacial score (nSPS) is 12.2. The molecular weight excluding hydrogens is 416 g/mol. The van der Waals surface area contributed by atoms with Crippen molar-refractivity contribution in [3.63, 3.8) is 0 Å². The molecule has 0 radical (unpaired) electrons. The Labute approximate surface area is 186 Å². The van der Waals surface area contributed by atoms with Crippen molar-refractivity contribution in [1.82, 2.24) is 0 Å². The van der Waals surface area contributed by atoms with E-state index in [1.165, 1.54) is 62.9 Å². The molecule has 0 unspecified atom stereocenters. The maximum atomic E-state index is 12.3. The minimum Gasteiger partial charge on any atom is -0.461 e. The van der Waals surface area contributed by atoms with Crippen molar-refractivity contribution >= 4 is 40.0 Å². The summed E-state index contributed by atoms with van der Waals surface area (Å²) in [6.07, 6.45) is 7.44. The third-order valence-electron chi connectivity index (χ3n) is 5.03. The first-order chi connectivity index (χ1) is 14.1. The summed E-state index contributed by atoms with van der Waals surface area (Å²) in [7, 11) is 0. The molecule has 3 rings (SSSR count).